The standard InChI is InChI=1S/C29H33N5O/c1-22-12-13-25(18-23(22)2)30-29(35)21-33-16-14-32(15-17-33)20-28-31-26-10-6-7-11-27(26)34(28)19-24-8-4-3-5-9-24/h3-13,18H,14-17,19-21H2,1-2H3,(H,30,35). The Labute approximate surface area is 207 Å². The third kappa shape index (κ3) is 5.61. The molecule has 1 N–H and O–H groups in total. The molecule has 3 aromatic carbocycles. The molecule has 6 heteroatoms. The highest BCUT2D eigenvalue weighted by Crippen LogP contribution is 2.20. The molecular weight excluding hydrogens is 434 g/mol. The summed E-state index contributed by atoms with van der Waals surface area (Å²) < 4.78 is 2.34. The highest BCUT2D eigenvalue weighted by molar-refractivity contribution is 5.92. The molecule has 180 valence electrons. The first-order chi connectivity index (χ1) is 17.0. The van der Waals surface area contributed by atoms with Crippen LogP contribution in [0.25, 0.3) is 11.0 Å². The van der Waals surface area contributed by atoms with Crippen LogP contribution in [0.15, 0.2) is 72.8 Å². The van der Waals surface area contributed by atoms with Crippen molar-refractivity contribution in [1.29, 1.82) is 0 Å². The van der Waals surface area contributed by atoms with E-state index in [4.69, 9.17) is 4.98 Å². The molecule has 1 fully saturated rings. The van der Waals surface area contributed by atoms with Gasteiger partial charge in [-0.2, -0.15) is 0 Å². The van der Waals surface area contributed by atoms with Gasteiger partial charge in [-0.05, 0) is 54.8 Å². The fraction of sp³-hybridized carbons (Fsp3) is 0.310. The average Bonchev–Trinajstić information content (AvgIpc) is 3.20. The largest absolute Gasteiger partial charge is 0.325 e. The molecule has 0 radical (unpaired) electrons. The molecule has 0 saturated carbocycles. The van der Waals surface area contributed by atoms with E-state index in [2.05, 4.69) is 88.1 Å². The lowest BCUT2D eigenvalue weighted by Gasteiger charge is -2.34. The van der Waals surface area contributed by atoms with Gasteiger partial charge >= 0.3 is 0 Å². The van der Waals surface area contributed by atoms with Crippen LogP contribution in [0, 0.1) is 13.8 Å². The number of anilines is 1. The molecule has 4 aromatic rings. The maximum Gasteiger partial charge on any atom is 0.238 e. The molecule has 1 amide bonds. The van der Waals surface area contributed by atoms with Crippen molar-refractivity contribution in [1.82, 2.24) is 19.4 Å². The van der Waals surface area contributed by atoms with Crippen molar-refractivity contribution in [3.8, 4) is 0 Å². The number of piperazine rings is 1. The molecule has 6 nitrogen and oxygen atoms in total. The van der Waals surface area contributed by atoms with Gasteiger partial charge in [0.2, 0.25) is 5.91 Å². The van der Waals surface area contributed by atoms with E-state index in [-0.39, 0.29) is 5.91 Å². The van der Waals surface area contributed by atoms with E-state index in [1.807, 2.05) is 18.2 Å². The highest BCUT2D eigenvalue weighted by atomic mass is 16.2. The molecule has 2 heterocycles. The number of benzene rings is 3. The van der Waals surface area contributed by atoms with Gasteiger partial charge in [0, 0.05) is 38.4 Å². The monoisotopic (exact) mass is 467 g/mol. The van der Waals surface area contributed by atoms with E-state index in [1.165, 1.54) is 22.2 Å². The molecule has 0 atom stereocenters. The molecule has 1 aliphatic rings. The van der Waals surface area contributed by atoms with Gasteiger partial charge in [-0.3, -0.25) is 14.6 Å². The zero-order chi connectivity index (χ0) is 24.2. The number of amides is 1. The minimum atomic E-state index is 0.0476. The third-order valence-electron chi connectivity index (χ3n) is 6.90. The SMILES string of the molecule is Cc1ccc(NC(=O)CN2CCN(Cc3nc4ccccc4n3Cc3ccccc3)CC2)cc1C. The van der Waals surface area contributed by atoms with Crippen molar-refractivity contribution in [2.24, 2.45) is 0 Å². The number of para-hydroxylation sites is 2. The molecule has 0 aliphatic carbocycles. The number of nitrogens with one attached hydrogen (secondary N) is 1. The van der Waals surface area contributed by atoms with Crippen LogP contribution < -0.4 is 5.32 Å². The number of imidazole rings is 1. The Morgan fingerprint density at radius 3 is 2.31 bits per heavy atom. The number of aryl methyl sites for hydroxylation is 2. The van der Waals surface area contributed by atoms with E-state index in [0.717, 1.165) is 56.3 Å². The Hall–Kier alpha value is -3.48. The third-order valence-corrected chi connectivity index (χ3v) is 6.90. The summed E-state index contributed by atoms with van der Waals surface area (Å²) in [7, 11) is 0. The summed E-state index contributed by atoms with van der Waals surface area (Å²) in [5, 5.41) is 3.05. The van der Waals surface area contributed by atoms with Gasteiger partial charge in [-0.1, -0.05) is 48.5 Å². The first-order valence-electron chi connectivity index (χ1n) is 12.3. The minimum absolute atomic E-state index is 0.0476. The smallest absolute Gasteiger partial charge is 0.238 e. The van der Waals surface area contributed by atoms with Crippen LogP contribution in [0.3, 0.4) is 0 Å². The number of hydrogen-bond donors (Lipinski definition) is 1. The summed E-state index contributed by atoms with van der Waals surface area (Å²) in [6.07, 6.45) is 0. The molecular formula is C29H33N5O. The summed E-state index contributed by atoms with van der Waals surface area (Å²) in [5.74, 6) is 1.14. The molecule has 1 aromatic heterocycles. The molecule has 1 aliphatic heterocycles. The predicted octanol–water partition coefficient (Wildman–Crippen LogP) is 4.46. The zero-order valence-corrected chi connectivity index (χ0v) is 20.6. The summed E-state index contributed by atoms with van der Waals surface area (Å²) in [4.78, 5) is 22.2. The normalized spacial score (nSPS) is 14.9. The highest BCUT2D eigenvalue weighted by Gasteiger charge is 2.21. The van der Waals surface area contributed by atoms with Gasteiger partial charge in [0.05, 0.1) is 24.1 Å². The lowest BCUT2D eigenvalue weighted by atomic mass is 10.1. The maximum atomic E-state index is 12.6. The van der Waals surface area contributed by atoms with E-state index in [0.29, 0.717) is 6.54 Å². The Kier molecular flexibility index (Phi) is 6.93. The number of fused-ring (bicyclic) bond motifs is 1. The fourth-order valence-electron chi connectivity index (χ4n) is 4.72. The first-order valence-corrected chi connectivity index (χ1v) is 12.3. The molecule has 35 heavy (non-hydrogen) atoms. The number of hydrogen-bond acceptors (Lipinski definition) is 4. The number of rotatable bonds is 7. The molecule has 1 saturated heterocycles. The second-order valence-electron chi connectivity index (χ2n) is 9.49. The van der Waals surface area contributed by atoms with Crippen molar-refractivity contribution in [2.45, 2.75) is 26.9 Å². The van der Waals surface area contributed by atoms with E-state index >= 15 is 0 Å². The van der Waals surface area contributed by atoms with Crippen LogP contribution in [0.5, 0.6) is 0 Å². The molecule has 5 rings (SSSR count). The molecule has 0 spiro atoms. The molecule has 0 bridgehead atoms. The van der Waals surface area contributed by atoms with Crippen molar-refractivity contribution in [3.63, 3.8) is 0 Å². The minimum Gasteiger partial charge on any atom is -0.325 e. The summed E-state index contributed by atoms with van der Waals surface area (Å²) in [6.45, 7) is 9.79. The number of carbonyl (C=O) groups excluding carboxylic acids is 1. The molecule has 0 unspecified atom stereocenters. The number of aromatic nitrogens is 2. The second-order valence-corrected chi connectivity index (χ2v) is 9.49. The van der Waals surface area contributed by atoms with Crippen LogP contribution in [0.2, 0.25) is 0 Å². The summed E-state index contributed by atoms with van der Waals surface area (Å²) in [6, 6.07) is 25.0. The van der Waals surface area contributed by atoms with Gasteiger partial charge in [0.25, 0.3) is 0 Å². The van der Waals surface area contributed by atoms with Crippen LogP contribution in [0.1, 0.15) is 22.5 Å². The summed E-state index contributed by atoms with van der Waals surface area (Å²) >= 11 is 0. The first kappa shape index (κ1) is 23.3. The van der Waals surface area contributed by atoms with Crippen molar-refractivity contribution in [2.75, 3.05) is 38.0 Å². The lowest BCUT2D eigenvalue weighted by molar-refractivity contribution is -0.117. The lowest BCUT2D eigenvalue weighted by Crippen LogP contribution is -2.48. The Balaban J connectivity index is 1.19. The Morgan fingerprint density at radius 2 is 1.54 bits per heavy atom. The Bertz CT molecular complexity index is 1310. The fourth-order valence-corrected chi connectivity index (χ4v) is 4.72. The van der Waals surface area contributed by atoms with Crippen LogP contribution >= 0.6 is 0 Å². The van der Waals surface area contributed by atoms with Gasteiger partial charge in [0.1, 0.15) is 5.82 Å². The van der Waals surface area contributed by atoms with Gasteiger partial charge in [0.15, 0.2) is 0 Å². The van der Waals surface area contributed by atoms with Gasteiger partial charge in [-0.15, -0.1) is 0 Å². The van der Waals surface area contributed by atoms with Crippen LogP contribution in [-0.2, 0) is 17.9 Å². The van der Waals surface area contributed by atoms with E-state index in [1.54, 1.807) is 0 Å². The summed E-state index contributed by atoms with van der Waals surface area (Å²) in [5.41, 5.74) is 6.78. The quantitative estimate of drug-likeness (QED) is 0.436. The van der Waals surface area contributed by atoms with E-state index in [9.17, 15) is 4.79 Å². The Morgan fingerprint density at radius 1 is 0.829 bits per heavy atom. The van der Waals surface area contributed by atoms with Gasteiger partial charge in [-0.25, -0.2) is 4.98 Å². The number of carbonyl (C=O) groups is 1. The topological polar surface area (TPSA) is 53.4 Å². The van der Waals surface area contributed by atoms with E-state index < -0.39 is 0 Å². The predicted molar refractivity (Wildman–Crippen MR) is 142 cm³/mol. The maximum absolute atomic E-state index is 12.6. The van der Waals surface area contributed by atoms with Crippen molar-refractivity contribution >= 4 is 22.6 Å². The van der Waals surface area contributed by atoms with Crippen molar-refractivity contribution < 1.29 is 4.79 Å². The van der Waals surface area contributed by atoms with Crippen molar-refractivity contribution in [3.05, 3.63) is 95.3 Å². The second kappa shape index (κ2) is 10.4. The zero-order valence-electron chi connectivity index (χ0n) is 20.6. The number of nitrogens with zero attached hydrogens (tertiary/aromatic N) is 4. The average molecular weight is 468 g/mol. The van der Waals surface area contributed by atoms with Crippen LogP contribution in [0.4, 0.5) is 5.69 Å². The van der Waals surface area contributed by atoms with Gasteiger partial charge < -0.3 is 9.88 Å². The van der Waals surface area contributed by atoms with Crippen LogP contribution in [-0.4, -0.2) is 58.0 Å².